The van der Waals surface area contributed by atoms with E-state index in [0.29, 0.717) is 13.2 Å². The minimum atomic E-state index is -0.469. The molecular weight excluding hydrogens is 328 g/mol. The molecule has 0 bridgehead atoms. The van der Waals surface area contributed by atoms with Crippen molar-refractivity contribution in [3.8, 4) is 0 Å². The fourth-order valence-electron chi connectivity index (χ4n) is 2.70. The zero-order chi connectivity index (χ0) is 19.3. The number of esters is 2. The lowest BCUT2D eigenvalue weighted by Gasteiger charge is -2.03. The van der Waals surface area contributed by atoms with Gasteiger partial charge in [0.15, 0.2) is 0 Å². The minimum Gasteiger partial charge on any atom is -0.463 e. The van der Waals surface area contributed by atoms with Gasteiger partial charge >= 0.3 is 11.9 Å². The van der Waals surface area contributed by atoms with E-state index in [1.54, 1.807) is 0 Å². The van der Waals surface area contributed by atoms with Crippen LogP contribution in [0.5, 0.6) is 0 Å². The predicted octanol–water partition coefficient (Wildman–Crippen LogP) is 6.13. The third-order valence-electron chi connectivity index (χ3n) is 4.34. The third-order valence-corrected chi connectivity index (χ3v) is 4.34. The molecule has 0 aliphatic rings. The molecule has 0 spiro atoms. The Balaban J connectivity index is 3.45. The van der Waals surface area contributed by atoms with Gasteiger partial charge in [0.1, 0.15) is 0 Å². The van der Waals surface area contributed by atoms with Gasteiger partial charge in [-0.15, -0.1) is 0 Å². The zero-order valence-electron chi connectivity index (χ0n) is 17.1. The molecule has 26 heavy (non-hydrogen) atoms. The highest BCUT2D eigenvalue weighted by Gasteiger charge is 2.01. The molecule has 0 atom stereocenters. The van der Waals surface area contributed by atoms with E-state index in [1.165, 1.54) is 64.2 Å². The maximum Gasteiger partial charge on any atom is 0.331 e. The Labute approximate surface area is 160 Å². The van der Waals surface area contributed by atoms with Crippen LogP contribution in [-0.4, -0.2) is 25.2 Å². The van der Waals surface area contributed by atoms with Gasteiger partial charge < -0.3 is 9.47 Å². The van der Waals surface area contributed by atoms with Crippen LogP contribution in [0.15, 0.2) is 12.2 Å². The van der Waals surface area contributed by atoms with Crippen molar-refractivity contribution in [3.05, 3.63) is 12.2 Å². The summed E-state index contributed by atoms with van der Waals surface area (Å²) in [5, 5.41) is 0. The molecule has 0 radical (unpaired) electrons. The maximum absolute atomic E-state index is 11.5. The molecule has 4 nitrogen and oxygen atoms in total. The van der Waals surface area contributed by atoms with Crippen molar-refractivity contribution < 1.29 is 19.1 Å². The molecule has 0 N–H and O–H groups in total. The van der Waals surface area contributed by atoms with Crippen LogP contribution >= 0.6 is 0 Å². The van der Waals surface area contributed by atoms with Crippen LogP contribution in [0.4, 0.5) is 0 Å². The lowest BCUT2D eigenvalue weighted by molar-refractivity contribution is -0.140. The van der Waals surface area contributed by atoms with Crippen LogP contribution in [0.1, 0.15) is 104 Å². The first-order valence-corrected chi connectivity index (χ1v) is 10.7. The van der Waals surface area contributed by atoms with Gasteiger partial charge in [0.05, 0.1) is 13.2 Å². The van der Waals surface area contributed by atoms with Crippen LogP contribution < -0.4 is 0 Å². The van der Waals surface area contributed by atoms with E-state index >= 15 is 0 Å². The second-order valence-corrected chi connectivity index (χ2v) is 6.91. The Kier molecular flexibility index (Phi) is 19.0. The Hall–Kier alpha value is -1.32. The summed E-state index contributed by atoms with van der Waals surface area (Å²) in [7, 11) is 0. The van der Waals surface area contributed by atoms with Crippen molar-refractivity contribution in [2.45, 2.75) is 104 Å². The first-order valence-electron chi connectivity index (χ1n) is 10.7. The highest BCUT2D eigenvalue weighted by molar-refractivity contribution is 5.91. The van der Waals surface area contributed by atoms with Crippen LogP contribution in [0.3, 0.4) is 0 Å². The highest BCUT2D eigenvalue weighted by atomic mass is 16.5. The van der Waals surface area contributed by atoms with Crippen LogP contribution in [-0.2, 0) is 19.1 Å². The fraction of sp³-hybridized carbons (Fsp3) is 0.818. The molecule has 152 valence electrons. The summed E-state index contributed by atoms with van der Waals surface area (Å²) in [6.45, 7) is 5.25. The van der Waals surface area contributed by atoms with Gasteiger partial charge in [-0.05, 0) is 12.8 Å². The van der Waals surface area contributed by atoms with Gasteiger partial charge in [-0.25, -0.2) is 9.59 Å². The summed E-state index contributed by atoms with van der Waals surface area (Å²) < 4.78 is 10.2. The maximum atomic E-state index is 11.5. The quantitative estimate of drug-likeness (QED) is 0.166. The minimum absolute atomic E-state index is 0.421. The van der Waals surface area contributed by atoms with Crippen LogP contribution in [0.2, 0.25) is 0 Å². The van der Waals surface area contributed by atoms with E-state index in [0.717, 1.165) is 37.8 Å². The zero-order valence-corrected chi connectivity index (χ0v) is 17.1. The molecular formula is C22H40O4. The fourth-order valence-corrected chi connectivity index (χ4v) is 2.70. The van der Waals surface area contributed by atoms with E-state index in [9.17, 15) is 9.59 Å². The summed E-state index contributed by atoms with van der Waals surface area (Å²) in [6.07, 6.45) is 18.9. The van der Waals surface area contributed by atoms with E-state index in [4.69, 9.17) is 9.47 Å². The van der Waals surface area contributed by atoms with Gasteiger partial charge in [-0.3, -0.25) is 0 Å². The van der Waals surface area contributed by atoms with Gasteiger partial charge in [-0.2, -0.15) is 0 Å². The summed E-state index contributed by atoms with van der Waals surface area (Å²) in [6, 6.07) is 0. The monoisotopic (exact) mass is 368 g/mol. The number of rotatable bonds is 18. The highest BCUT2D eigenvalue weighted by Crippen LogP contribution is 2.08. The van der Waals surface area contributed by atoms with Crippen molar-refractivity contribution in [1.29, 1.82) is 0 Å². The van der Waals surface area contributed by atoms with Crippen LogP contribution in [0, 0.1) is 0 Å². The number of ether oxygens (including phenoxy) is 2. The number of hydrogen-bond donors (Lipinski definition) is 0. The Morgan fingerprint density at radius 3 is 1.19 bits per heavy atom. The Morgan fingerprint density at radius 1 is 0.538 bits per heavy atom. The molecule has 0 amide bonds. The lowest BCUT2D eigenvalue weighted by Crippen LogP contribution is -2.06. The van der Waals surface area contributed by atoms with E-state index in [2.05, 4.69) is 13.8 Å². The summed E-state index contributed by atoms with van der Waals surface area (Å²) in [4.78, 5) is 23.0. The molecule has 0 rings (SSSR count). The second-order valence-electron chi connectivity index (χ2n) is 6.91. The molecule has 0 unspecified atom stereocenters. The molecule has 0 saturated carbocycles. The molecule has 0 aromatic heterocycles. The summed E-state index contributed by atoms with van der Waals surface area (Å²) in [5.41, 5.74) is 0. The van der Waals surface area contributed by atoms with Gasteiger partial charge in [-0.1, -0.05) is 90.9 Å². The van der Waals surface area contributed by atoms with E-state index in [-0.39, 0.29) is 0 Å². The van der Waals surface area contributed by atoms with Gasteiger partial charge in [0.2, 0.25) is 0 Å². The normalized spacial score (nSPS) is 11.0. The SMILES string of the molecule is CCCCCCCCCOC(=O)/C=C\C(=O)OCCCCCCCCC. The predicted molar refractivity (Wildman–Crippen MR) is 107 cm³/mol. The third kappa shape index (κ3) is 19.0. The van der Waals surface area contributed by atoms with E-state index < -0.39 is 11.9 Å². The molecule has 0 heterocycles. The molecule has 0 aromatic rings. The average Bonchev–Trinajstić information content (AvgIpc) is 2.64. The summed E-state index contributed by atoms with van der Waals surface area (Å²) in [5.74, 6) is -0.937. The first-order chi connectivity index (χ1) is 12.7. The average molecular weight is 369 g/mol. The van der Waals surface area contributed by atoms with Gasteiger partial charge in [0.25, 0.3) is 0 Å². The topological polar surface area (TPSA) is 52.6 Å². The molecule has 0 aliphatic carbocycles. The molecule has 0 saturated heterocycles. The number of hydrogen-bond acceptors (Lipinski definition) is 4. The number of unbranched alkanes of at least 4 members (excludes halogenated alkanes) is 12. The second kappa shape index (κ2) is 20.0. The Bertz CT molecular complexity index is 329. The standard InChI is InChI=1S/C22H40O4/c1-3-5-7-9-11-13-15-19-25-21(23)17-18-22(24)26-20-16-14-12-10-8-6-4-2/h17-18H,3-16,19-20H2,1-2H3/b18-17-. The van der Waals surface area contributed by atoms with Crippen LogP contribution in [0.25, 0.3) is 0 Å². The molecule has 4 heteroatoms. The van der Waals surface area contributed by atoms with Crippen molar-refractivity contribution >= 4 is 11.9 Å². The van der Waals surface area contributed by atoms with Crippen molar-refractivity contribution in [3.63, 3.8) is 0 Å². The molecule has 0 aliphatic heterocycles. The van der Waals surface area contributed by atoms with E-state index in [1.807, 2.05) is 0 Å². The lowest BCUT2D eigenvalue weighted by atomic mass is 10.1. The van der Waals surface area contributed by atoms with Crippen molar-refractivity contribution in [2.24, 2.45) is 0 Å². The smallest absolute Gasteiger partial charge is 0.331 e. The Morgan fingerprint density at radius 2 is 0.846 bits per heavy atom. The van der Waals surface area contributed by atoms with Crippen molar-refractivity contribution in [1.82, 2.24) is 0 Å². The van der Waals surface area contributed by atoms with Gasteiger partial charge in [0, 0.05) is 12.2 Å². The van der Waals surface area contributed by atoms with Crippen molar-refractivity contribution in [2.75, 3.05) is 13.2 Å². The molecule has 0 fully saturated rings. The number of carbonyl (C=O) groups excluding carboxylic acids is 2. The largest absolute Gasteiger partial charge is 0.463 e. The number of carbonyl (C=O) groups is 2. The summed E-state index contributed by atoms with van der Waals surface area (Å²) >= 11 is 0. The molecule has 0 aromatic carbocycles. The first kappa shape index (κ1) is 24.7.